The average Bonchev–Trinajstić information content (AvgIpc) is 2.34. The smallest absolute Gasteiger partial charge is 0.274 e. The molecule has 2 aromatic rings. The van der Waals surface area contributed by atoms with E-state index in [4.69, 9.17) is 0 Å². The van der Waals surface area contributed by atoms with Gasteiger partial charge in [0.05, 0.1) is 11.4 Å². The number of carbonyl (C=O) groups excluding carboxylic acids is 1. The van der Waals surface area contributed by atoms with Crippen LogP contribution in [0.4, 0.5) is 5.69 Å². The van der Waals surface area contributed by atoms with Gasteiger partial charge in [0.15, 0.2) is 0 Å². The first-order valence-corrected chi connectivity index (χ1v) is 5.18. The Balaban J connectivity index is 2.19. The Kier molecular flexibility index (Phi) is 3.09. The first-order valence-electron chi connectivity index (χ1n) is 5.18. The number of hydrogen-bond donors (Lipinski definition) is 1. The fourth-order valence-electron chi connectivity index (χ4n) is 1.43. The molecule has 1 N–H and O–H groups in total. The van der Waals surface area contributed by atoms with E-state index in [2.05, 4.69) is 20.3 Å². The molecule has 2 rings (SSSR count). The molecule has 5 nitrogen and oxygen atoms in total. The highest BCUT2D eigenvalue weighted by molar-refractivity contribution is 6.03. The molecule has 0 aliphatic heterocycles. The van der Waals surface area contributed by atoms with Crippen molar-refractivity contribution in [3.05, 3.63) is 47.8 Å². The maximum absolute atomic E-state index is 11.8. The third-order valence-corrected chi connectivity index (χ3v) is 2.29. The zero-order chi connectivity index (χ0) is 12.3. The van der Waals surface area contributed by atoms with Crippen molar-refractivity contribution in [3.8, 4) is 0 Å². The minimum Gasteiger partial charge on any atom is -0.319 e. The summed E-state index contributed by atoms with van der Waals surface area (Å²) in [5.74, 6) is -0.263. The van der Waals surface area contributed by atoms with E-state index in [1.807, 2.05) is 26.0 Å². The van der Waals surface area contributed by atoms with E-state index in [1.165, 1.54) is 12.5 Å². The number of pyridine rings is 1. The summed E-state index contributed by atoms with van der Waals surface area (Å²) in [7, 11) is 0. The van der Waals surface area contributed by atoms with Gasteiger partial charge in [-0.05, 0) is 32.0 Å². The quantitative estimate of drug-likeness (QED) is 0.850. The molecule has 0 aromatic carbocycles. The number of amides is 1. The van der Waals surface area contributed by atoms with Crippen molar-refractivity contribution in [2.75, 3.05) is 5.32 Å². The van der Waals surface area contributed by atoms with Crippen LogP contribution in [-0.2, 0) is 0 Å². The van der Waals surface area contributed by atoms with Crippen molar-refractivity contribution in [3.63, 3.8) is 0 Å². The highest BCUT2D eigenvalue weighted by Gasteiger charge is 2.08. The molecule has 0 bridgehead atoms. The minimum absolute atomic E-state index is 0.263. The largest absolute Gasteiger partial charge is 0.319 e. The summed E-state index contributed by atoms with van der Waals surface area (Å²) in [6.07, 6.45) is 2.87. The zero-order valence-electron chi connectivity index (χ0n) is 9.64. The third-order valence-electron chi connectivity index (χ3n) is 2.29. The molecule has 17 heavy (non-hydrogen) atoms. The van der Waals surface area contributed by atoms with E-state index < -0.39 is 0 Å². The lowest BCUT2D eigenvalue weighted by molar-refractivity contribution is 0.102. The molecular weight excluding hydrogens is 216 g/mol. The molecule has 0 aliphatic rings. The van der Waals surface area contributed by atoms with E-state index in [0.717, 1.165) is 11.4 Å². The van der Waals surface area contributed by atoms with Crippen molar-refractivity contribution in [1.82, 2.24) is 15.0 Å². The van der Waals surface area contributed by atoms with Gasteiger partial charge in [-0.2, -0.15) is 0 Å². The highest BCUT2D eigenvalue weighted by atomic mass is 16.1. The maximum Gasteiger partial charge on any atom is 0.274 e. The molecule has 1 amide bonds. The van der Waals surface area contributed by atoms with Gasteiger partial charge in [-0.1, -0.05) is 0 Å². The fourth-order valence-corrected chi connectivity index (χ4v) is 1.43. The van der Waals surface area contributed by atoms with Gasteiger partial charge < -0.3 is 5.32 Å². The van der Waals surface area contributed by atoms with Crippen molar-refractivity contribution < 1.29 is 4.79 Å². The van der Waals surface area contributed by atoms with Gasteiger partial charge in [-0.25, -0.2) is 9.97 Å². The predicted octanol–water partition coefficient (Wildman–Crippen LogP) is 1.74. The van der Waals surface area contributed by atoms with Gasteiger partial charge in [0, 0.05) is 11.9 Å². The summed E-state index contributed by atoms with van der Waals surface area (Å²) in [5, 5.41) is 2.76. The molecule has 2 heterocycles. The van der Waals surface area contributed by atoms with Crippen LogP contribution in [0.5, 0.6) is 0 Å². The summed E-state index contributed by atoms with van der Waals surface area (Å²) in [6, 6.07) is 5.24. The first kappa shape index (κ1) is 11.2. The Morgan fingerprint density at radius 1 is 1.24 bits per heavy atom. The third kappa shape index (κ3) is 2.63. The number of aromatic nitrogens is 3. The molecule has 0 aliphatic carbocycles. The average molecular weight is 228 g/mol. The van der Waals surface area contributed by atoms with Gasteiger partial charge in [0.2, 0.25) is 0 Å². The SMILES string of the molecule is Cc1ccc(NC(=O)c2ccncn2)c(C)n1. The molecule has 0 radical (unpaired) electrons. The van der Waals surface area contributed by atoms with Crippen molar-refractivity contribution in [2.45, 2.75) is 13.8 Å². The van der Waals surface area contributed by atoms with Crippen molar-refractivity contribution in [1.29, 1.82) is 0 Å². The van der Waals surface area contributed by atoms with Crippen LogP contribution in [0.25, 0.3) is 0 Å². The Morgan fingerprint density at radius 3 is 2.71 bits per heavy atom. The van der Waals surface area contributed by atoms with Crippen molar-refractivity contribution >= 4 is 11.6 Å². The van der Waals surface area contributed by atoms with E-state index in [9.17, 15) is 4.79 Å². The molecule has 0 saturated heterocycles. The van der Waals surface area contributed by atoms with Gasteiger partial charge in [-0.15, -0.1) is 0 Å². The number of anilines is 1. The first-order chi connectivity index (χ1) is 8.16. The topological polar surface area (TPSA) is 67.8 Å². The molecule has 0 spiro atoms. The normalized spacial score (nSPS) is 10.0. The lowest BCUT2D eigenvalue weighted by Crippen LogP contribution is -2.14. The number of nitrogens with one attached hydrogen (secondary N) is 1. The molecule has 0 saturated carbocycles. The maximum atomic E-state index is 11.8. The molecular formula is C12H12N4O. The van der Waals surface area contributed by atoms with E-state index in [0.29, 0.717) is 11.4 Å². The van der Waals surface area contributed by atoms with Crippen LogP contribution < -0.4 is 5.32 Å². The second kappa shape index (κ2) is 4.69. The molecule has 86 valence electrons. The number of nitrogens with zero attached hydrogens (tertiary/aromatic N) is 3. The van der Waals surface area contributed by atoms with E-state index in [-0.39, 0.29) is 5.91 Å². The summed E-state index contributed by atoms with van der Waals surface area (Å²) in [6.45, 7) is 3.76. The fraction of sp³-hybridized carbons (Fsp3) is 0.167. The van der Waals surface area contributed by atoms with Crippen LogP contribution in [0, 0.1) is 13.8 Å². The predicted molar refractivity (Wildman–Crippen MR) is 63.7 cm³/mol. The second-order valence-electron chi connectivity index (χ2n) is 3.63. The highest BCUT2D eigenvalue weighted by Crippen LogP contribution is 2.13. The molecule has 0 unspecified atom stereocenters. The Labute approximate surface area is 99.0 Å². The number of rotatable bonds is 2. The summed E-state index contributed by atoms with van der Waals surface area (Å²) >= 11 is 0. The molecule has 5 heteroatoms. The van der Waals surface area contributed by atoms with Gasteiger partial charge >= 0.3 is 0 Å². The minimum atomic E-state index is -0.263. The van der Waals surface area contributed by atoms with Gasteiger partial charge in [-0.3, -0.25) is 9.78 Å². The Morgan fingerprint density at radius 2 is 2.06 bits per heavy atom. The second-order valence-corrected chi connectivity index (χ2v) is 3.63. The Bertz CT molecular complexity index is 539. The van der Waals surface area contributed by atoms with Gasteiger partial charge in [0.1, 0.15) is 12.0 Å². The summed E-state index contributed by atoms with van der Waals surface area (Å²) < 4.78 is 0. The van der Waals surface area contributed by atoms with Crippen LogP contribution in [0.3, 0.4) is 0 Å². The van der Waals surface area contributed by atoms with Crippen LogP contribution in [0.2, 0.25) is 0 Å². The summed E-state index contributed by atoms with van der Waals surface area (Å²) in [5.41, 5.74) is 2.73. The standard InChI is InChI=1S/C12H12N4O/c1-8-3-4-10(9(2)15-8)16-12(17)11-5-6-13-7-14-11/h3-7H,1-2H3,(H,16,17). The lowest BCUT2D eigenvalue weighted by Gasteiger charge is -2.07. The van der Waals surface area contributed by atoms with Crippen LogP contribution in [0.1, 0.15) is 21.9 Å². The van der Waals surface area contributed by atoms with Crippen LogP contribution in [-0.4, -0.2) is 20.9 Å². The number of carbonyl (C=O) groups is 1. The van der Waals surface area contributed by atoms with Crippen LogP contribution >= 0.6 is 0 Å². The van der Waals surface area contributed by atoms with Crippen LogP contribution in [0.15, 0.2) is 30.7 Å². The molecule has 2 aromatic heterocycles. The Hall–Kier alpha value is -2.30. The zero-order valence-corrected chi connectivity index (χ0v) is 9.64. The molecule has 0 fully saturated rings. The van der Waals surface area contributed by atoms with Gasteiger partial charge in [0.25, 0.3) is 5.91 Å². The summed E-state index contributed by atoms with van der Waals surface area (Å²) in [4.78, 5) is 23.7. The number of aryl methyl sites for hydroxylation is 2. The molecule has 0 atom stereocenters. The lowest BCUT2D eigenvalue weighted by atomic mass is 10.2. The monoisotopic (exact) mass is 228 g/mol. The van der Waals surface area contributed by atoms with Crippen molar-refractivity contribution in [2.24, 2.45) is 0 Å². The van der Waals surface area contributed by atoms with E-state index in [1.54, 1.807) is 6.07 Å². The number of hydrogen-bond acceptors (Lipinski definition) is 4. The van der Waals surface area contributed by atoms with E-state index >= 15 is 0 Å².